The fourth-order valence-electron chi connectivity index (χ4n) is 2.64. The van der Waals surface area contributed by atoms with Crippen LogP contribution in [0.1, 0.15) is 30.1 Å². The molecule has 0 saturated carbocycles. The highest BCUT2D eigenvalue weighted by molar-refractivity contribution is 5.97. The lowest BCUT2D eigenvalue weighted by Crippen LogP contribution is -2.41. The van der Waals surface area contributed by atoms with Crippen molar-refractivity contribution in [1.82, 2.24) is 10.2 Å². The zero-order valence-corrected chi connectivity index (χ0v) is 17.2. The lowest BCUT2D eigenvalue weighted by Gasteiger charge is -2.26. The third-order valence-electron chi connectivity index (χ3n) is 4.17. The van der Waals surface area contributed by atoms with E-state index in [1.54, 1.807) is 24.3 Å². The number of morpholine rings is 1. The number of carbonyl (C=O) groups excluding carboxylic acids is 2. The van der Waals surface area contributed by atoms with Gasteiger partial charge < -0.3 is 21.1 Å². The van der Waals surface area contributed by atoms with Gasteiger partial charge in [-0.1, -0.05) is 13.3 Å². The van der Waals surface area contributed by atoms with E-state index in [1.807, 2.05) is 6.92 Å². The van der Waals surface area contributed by atoms with Gasteiger partial charge >= 0.3 is 0 Å². The molecule has 1 aromatic carbocycles. The van der Waals surface area contributed by atoms with Crippen LogP contribution in [-0.2, 0) is 9.53 Å². The van der Waals surface area contributed by atoms with Gasteiger partial charge in [0.25, 0.3) is 5.91 Å². The summed E-state index contributed by atoms with van der Waals surface area (Å²) in [4.78, 5) is 26.3. The third-order valence-corrected chi connectivity index (χ3v) is 4.17. The maximum atomic E-state index is 12.2. The number of rotatable bonds is 8. The van der Waals surface area contributed by atoms with E-state index < -0.39 is 6.04 Å². The second-order valence-corrected chi connectivity index (χ2v) is 6.17. The minimum absolute atomic E-state index is 0. The Kier molecular flexibility index (Phi) is 13.0. The van der Waals surface area contributed by atoms with Crippen molar-refractivity contribution in [3.63, 3.8) is 0 Å². The van der Waals surface area contributed by atoms with Gasteiger partial charge in [0, 0.05) is 37.4 Å². The van der Waals surface area contributed by atoms with Gasteiger partial charge in [-0.15, -0.1) is 24.8 Å². The SMILES string of the molecule is CCCC(N)C(=O)Nc1ccc(C(=O)NCCN2CCOCC2)cc1.Cl.Cl. The van der Waals surface area contributed by atoms with E-state index in [2.05, 4.69) is 15.5 Å². The maximum Gasteiger partial charge on any atom is 0.251 e. The van der Waals surface area contributed by atoms with Gasteiger partial charge in [0.2, 0.25) is 5.91 Å². The Hall–Kier alpha value is -1.38. The Morgan fingerprint density at radius 3 is 2.41 bits per heavy atom. The normalized spacial score (nSPS) is 15.0. The van der Waals surface area contributed by atoms with Crippen LogP contribution in [0, 0.1) is 0 Å². The molecule has 1 fully saturated rings. The van der Waals surface area contributed by atoms with Crippen LogP contribution in [0.15, 0.2) is 24.3 Å². The van der Waals surface area contributed by atoms with E-state index in [4.69, 9.17) is 10.5 Å². The average Bonchev–Trinajstić information content (AvgIpc) is 2.63. The third kappa shape index (κ3) is 8.90. The number of nitrogens with two attached hydrogens (primary N) is 1. The molecule has 4 N–H and O–H groups in total. The van der Waals surface area contributed by atoms with Crippen molar-refractivity contribution >= 4 is 42.3 Å². The summed E-state index contributed by atoms with van der Waals surface area (Å²) in [5.41, 5.74) is 6.99. The monoisotopic (exact) mass is 420 g/mol. The molecule has 1 aromatic rings. The predicted molar refractivity (Wildman–Crippen MR) is 112 cm³/mol. The van der Waals surface area contributed by atoms with Gasteiger partial charge in [-0.25, -0.2) is 0 Å². The van der Waals surface area contributed by atoms with Crippen LogP contribution in [0.3, 0.4) is 0 Å². The fourth-order valence-corrected chi connectivity index (χ4v) is 2.64. The summed E-state index contributed by atoms with van der Waals surface area (Å²) in [6, 6.07) is 6.32. The summed E-state index contributed by atoms with van der Waals surface area (Å²) in [5.74, 6) is -0.321. The zero-order chi connectivity index (χ0) is 18.1. The molecule has 0 aromatic heterocycles. The van der Waals surface area contributed by atoms with Crippen LogP contribution in [0.5, 0.6) is 0 Å². The van der Waals surface area contributed by atoms with Crippen LogP contribution in [0.2, 0.25) is 0 Å². The highest BCUT2D eigenvalue weighted by atomic mass is 35.5. The number of hydrogen-bond acceptors (Lipinski definition) is 5. The van der Waals surface area contributed by atoms with Crippen molar-refractivity contribution in [1.29, 1.82) is 0 Å². The van der Waals surface area contributed by atoms with E-state index >= 15 is 0 Å². The van der Waals surface area contributed by atoms with Crippen LogP contribution in [0.25, 0.3) is 0 Å². The highest BCUT2D eigenvalue weighted by Gasteiger charge is 2.13. The van der Waals surface area contributed by atoms with Gasteiger partial charge in [0.15, 0.2) is 0 Å². The smallest absolute Gasteiger partial charge is 0.251 e. The van der Waals surface area contributed by atoms with Crippen molar-refractivity contribution in [2.45, 2.75) is 25.8 Å². The number of benzene rings is 1. The molecule has 0 radical (unpaired) electrons. The summed E-state index contributed by atoms with van der Waals surface area (Å²) in [6.45, 7) is 6.72. The molecule has 2 rings (SSSR count). The second kappa shape index (κ2) is 13.7. The quantitative estimate of drug-likeness (QED) is 0.593. The predicted octanol–water partition coefficient (Wildman–Crippen LogP) is 1.66. The molecular formula is C18H30Cl2N4O3. The van der Waals surface area contributed by atoms with Crippen molar-refractivity contribution in [3.05, 3.63) is 29.8 Å². The molecule has 2 amide bonds. The first-order valence-corrected chi connectivity index (χ1v) is 8.85. The Morgan fingerprint density at radius 1 is 1.19 bits per heavy atom. The second-order valence-electron chi connectivity index (χ2n) is 6.17. The molecule has 1 aliphatic heterocycles. The molecule has 27 heavy (non-hydrogen) atoms. The molecule has 7 nitrogen and oxygen atoms in total. The molecule has 0 aliphatic carbocycles. The average molecular weight is 421 g/mol. The zero-order valence-electron chi connectivity index (χ0n) is 15.6. The molecule has 9 heteroatoms. The molecular weight excluding hydrogens is 391 g/mol. The first kappa shape index (κ1) is 25.6. The number of nitrogens with zero attached hydrogens (tertiary/aromatic N) is 1. The van der Waals surface area contributed by atoms with E-state index in [0.717, 1.165) is 39.3 Å². The van der Waals surface area contributed by atoms with Gasteiger partial charge in [0.05, 0.1) is 19.3 Å². The number of halogens is 2. The number of hydrogen-bond donors (Lipinski definition) is 3. The van der Waals surface area contributed by atoms with E-state index in [1.165, 1.54) is 0 Å². The lowest BCUT2D eigenvalue weighted by atomic mass is 10.1. The van der Waals surface area contributed by atoms with Crippen LogP contribution >= 0.6 is 24.8 Å². The molecule has 154 valence electrons. The van der Waals surface area contributed by atoms with Crippen LogP contribution in [-0.4, -0.2) is 62.1 Å². The maximum absolute atomic E-state index is 12.2. The minimum Gasteiger partial charge on any atom is -0.379 e. The molecule has 1 unspecified atom stereocenters. The standard InChI is InChI=1S/C18H28N4O3.2ClH/c1-2-3-16(19)18(24)21-15-6-4-14(5-7-15)17(23)20-8-9-22-10-12-25-13-11-22;;/h4-7,16H,2-3,8-13,19H2,1H3,(H,20,23)(H,21,24);2*1H. The van der Waals surface area contributed by atoms with E-state index in [9.17, 15) is 9.59 Å². The summed E-state index contributed by atoms with van der Waals surface area (Å²) in [6.07, 6.45) is 1.51. The molecule has 1 aliphatic rings. The minimum atomic E-state index is -0.506. The lowest BCUT2D eigenvalue weighted by molar-refractivity contribution is -0.117. The van der Waals surface area contributed by atoms with Gasteiger partial charge in [0.1, 0.15) is 0 Å². The molecule has 1 heterocycles. The van der Waals surface area contributed by atoms with E-state index in [0.29, 0.717) is 24.2 Å². The largest absolute Gasteiger partial charge is 0.379 e. The van der Waals surface area contributed by atoms with Crippen molar-refractivity contribution < 1.29 is 14.3 Å². The van der Waals surface area contributed by atoms with Crippen LogP contribution in [0.4, 0.5) is 5.69 Å². The number of nitrogens with one attached hydrogen (secondary N) is 2. The molecule has 1 atom stereocenters. The van der Waals surface area contributed by atoms with Gasteiger partial charge in [-0.2, -0.15) is 0 Å². The Bertz CT molecular complexity index is 566. The topological polar surface area (TPSA) is 96.7 Å². The molecule has 1 saturated heterocycles. The number of ether oxygens (including phenoxy) is 1. The fraction of sp³-hybridized carbons (Fsp3) is 0.556. The first-order chi connectivity index (χ1) is 12.1. The van der Waals surface area contributed by atoms with Gasteiger partial charge in [-0.3, -0.25) is 14.5 Å². The molecule has 0 spiro atoms. The summed E-state index contributed by atoms with van der Waals surface area (Å²) in [5, 5.41) is 5.68. The van der Waals surface area contributed by atoms with E-state index in [-0.39, 0.29) is 36.6 Å². The van der Waals surface area contributed by atoms with Crippen molar-refractivity contribution in [2.24, 2.45) is 5.73 Å². The Morgan fingerprint density at radius 2 is 1.81 bits per heavy atom. The number of amides is 2. The summed E-state index contributed by atoms with van der Waals surface area (Å²) in [7, 11) is 0. The Labute approximate surface area is 173 Å². The summed E-state index contributed by atoms with van der Waals surface area (Å²) < 4.78 is 5.30. The highest BCUT2D eigenvalue weighted by Crippen LogP contribution is 2.10. The molecule has 0 bridgehead atoms. The van der Waals surface area contributed by atoms with Crippen molar-refractivity contribution in [2.75, 3.05) is 44.7 Å². The first-order valence-electron chi connectivity index (χ1n) is 8.85. The summed E-state index contributed by atoms with van der Waals surface area (Å²) >= 11 is 0. The number of anilines is 1. The Balaban J connectivity index is 0.00000338. The van der Waals surface area contributed by atoms with Gasteiger partial charge in [-0.05, 0) is 30.7 Å². The van der Waals surface area contributed by atoms with Crippen molar-refractivity contribution in [3.8, 4) is 0 Å². The number of carbonyl (C=O) groups is 2. The van der Waals surface area contributed by atoms with Crippen LogP contribution < -0.4 is 16.4 Å².